The van der Waals surface area contributed by atoms with E-state index in [1.165, 1.54) is 0 Å². The van der Waals surface area contributed by atoms with Crippen molar-refractivity contribution >= 4 is 31.7 Å². The van der Waals surface area contributed by atoms with Crippen molar-refractivity contribution in [3.8, 4) is 0 Å². The van der Waals surface area contributed by atoms with Gasteiger partial charge in [0, 0.05) is 60.8 Å². The van der Waals surface area contributed by atoms with Gasteiger partial charge in [0.05, 0.1) is 13.7 Å². The normalized spacial score (nSPS) is 22.5. The summed E-state index contributed by atoms with van der Waals surface area (Å²) in [6.07, 6.45) is 8.45. The van der Waals surface area contributed by atoms with Gasteiger partial charge in [-0.2, -0.15) is 0 Å². The molecule has 4 atom stereocenters. The predicted octanol–water partition coefficient (Wildman–Crippen LogP) is 9.16. The zero-order valence-electron chi connectivity index (χ0n) is 32.4. The number of carbonyl (C=O) groups excluding carboxylic acids is 2. The van der Waals surface area contributed by atoms with Crippen LogP contribution in [-0.2, 0) is 28.7 Å². The third kappa shape index (κ3) is 8.21. The smallest absolute Gasteiger partial charge is 0.410 e. The van der Waals surface area contributed by atoms with E-state index in [0.29, 0.717) is 34.8 Å². The van der Waals surface area contributed by atoms with Crippen LogP contribution >= 0.6 is 11.6 Å². The molecule has 1 saturated carbocycles. The summed E-state index contributed by atoms with van der Waals surface area (Å²) in [6.45, 7) is 21.7. The van der Waals surface area contributed by atoms with Crippen molar-refractivity contribution in [2.75, 3.05) is 7.05 Å². The molecule has 2 amide bonds. The van der Waals surface area contributed by atoms with E-state index >= 15 is 0 Å². The molecular formula is C41H57ClN4O4Si. The zero-order chi connectivity index (χ0) is 37.7. The first-order valence-electron chi connectivity index (χ1n) is 18.2. The maximum absolute atomic E-state index is 14.2. The van der Waals surface area contributed by atoms with Crippen molar-refractivity contribution in [3.05, 3.63) is 94.0 Å². The fourth-order valence-corrected chi connectivity index (χ4v) is 11.6. The molecule has 3 aromatic rings. The van der Waals surface area contributed by atoms with Gasteiger partial charge in [0.1, 0.15) is 10.8 Å². The molecule has 2 unspecified atom stereocenters. The lowest BCUT2D eigenvalue weighted by Gasteiger charge is -2.43. The van der Waals surface area contributed by atoms with Crippen molar-refractivity contribution < 1.29 is 19.4 Å². The Labute approximate surface area is 311 Å². The molecule has 8 nitrogen and oxygen atoms in total. The van der Waals surface area contributed by atoms with Crippen molar-refractivity contribution in [1.82, 2.24) is 19.8 Å². The van der Waals surface area contributed by atoms with Gasteiger partial charge in [-0.05, 0) is 112 Å². The number of nitrogens with zero attached hydrogens (tertiary/aromatic N) is 4. The fourth-order valence-electron chi connectivity index (χ4n) is 7.94. The van der Waals surface area contributed by atoms with E-state index in [-0.39, 0.29) is 34.5 Å². The van der Waals surface area contributed by atoms with E-state index in [9.17, 15) is 14.7 Å². The first-order chi connectivity index (χ1) is 23.5. The lowest BCUT2D eigenvalue weighted by molar-refractivity contribution is 0.0109. The minimum absolute atomic E-state index is 0.0293. The predicted molar refractivity (Wildman–Crippen MR) is 207 cm³/mol. The highest BCUT2D eigenvalue weighted by Crippen LogP contribution is 2.71. The van der Waals surface area contributed by atoms with E-state index in [1.54, 1.807) is 38.2 Å². The monoisotopic (exact) mass is 732 g/mol. The zero-order valence-corrected chi connectivity index (χ0v) is 34.1. The number of ether oxygens (including phenoxy) is 1. The Morgan fingerprint density at radius 2 is 1.65 bits per heavy atom. The molecule has 1 aliphatic carbocycles. The standard InChI is InChI=1S/C41H57ClN4O4Si/c1-38(2,3)50-37(48)46-32(17-18-33(46)41(30-16-19-35(42)44-25-30)22-34(41)51(10,11)39(4,5)6)21-27-12-14-29(15-13-27)36(47)45(9)26-28-20-31(24-43-23-28)40(7,8)49/h12-16,19-20,23-25,32-34,49H,17-18,21-22,26H2,1-11H3/t32-,33+,34?,41?/m0/s1. The molecule has 1 aromatic carbocycles. The third-order valence-corrected chi connectivity index (χ3v) is 18.3. The number of rotatable bonds is 9. The summed E-state index contributed by atoms with van der Waals surface area (Å²) in [5.41, 5.74) is 2.97. The number of amides is 2. The molecule has 1 N–H and O–H groups in total. The van der Waals surface area contributed by atoms with Crippen molar-refractivity contribution in [2.45, 2.75) is 140 Å². The number of hydrogen-bond acceptors (Lipinski definition) is 6. The van der Waals surface area contributed by atoms with Crippen molar-refractivity contribution in [2.24, 2.45) is 0 Å². The number of hydrogen-bond donors (Lipinski definition) is 1. The lowest BCUT2D eigenvalue weighted by Crippen LogP contribution is -2.51. The number of aliphatic hydroxyl groups is 1. The van der Waals surface area contributed by atoms with Gasteiger partial charge in [-0.3, -0.25) is 9.78 Å². The summed E-state index contributed by atoms with van der Waals surface area (Å²) >= 11 is 6.29. The van der Waals surface area contributed by atoms with Gasteiger partial charge in [-0.1, -0.05) is 63.7 Å². The van der Waals surface area contributed by atoms with Gasteiger partial charge >= 0.3 is 6.09 Å². The van der Waals surface area contributed by atoms with Crippen LogP contribution in [0.1, 0.15) is 107 Å². The van der Waals surface area contributed by atoms with Crippen LogP contribution in [0.15, 0.2) is 61.1 Å². The Morgan fingerprint density at radius 3 is 2.22 bits per heavy atom. The highest BCUT2D eigenvalue weighted by Gasteiger charge is 2.70. The van der Waals surface area contributed by atoms with Gasteiger partial charge in [0.15, 0.2) is 0 Å². The maximum atomic E-state index is 14.2. The van der Waals surface area contributed by atoms with Crippen LogP contribution in [-0.4, -0.2) is 69.7 Å². The topological polar surface area (TPSA) is 95.9 Å². The molecule has 1 saturated heterocycles. The largest absolute Gasteiger partial charge is 0.444 e. The summed E-state index contributed by atoms with van der Waals surface area (Å²) in [6, 6.07) is 13.6. The van der Waals surface area contributed by atoms with Crippen molar-refractivity contribution in [3.63, 3.8) is 0 Å². The average molecular weight is 733 g/mol. The third-order valence-electron chi connectivity index (χ3n) is 11.7. The van der Waals surface area contributed by atoms with E-state index in [1.807, 2.05) is 63.4 Å². The van der Waals surface area contributed by atoms with Crippen molar-refractivity contribution in [1.29, 1.82) is 0 Å². The number of halogens is 1. The average Bonchev–Trinajstić information content (AvgIpc) is 3.66. The summed E-state index contributed by atoms with van der Waals surface area (Å²) in [4.78, 5) is 40.2. The number of carbonyl (C=O) groups is 2. The minimum Gasteiger partial charge on any atom is -0.444 e. The molecule has 0 bridgehead atoms. The Hall–Kier alpha value is -3.27. The molecule has 0 spiro atoms. The number of likely N-dealkylation sites (tertiary alicyclic amines) is 1. The molecule has 276 valence electrons. The molecule has 2 fully saturated rings. The number of benzene rings is 1. The number of pyridine rings is 2. The van der Waals surface area contributed by atoms with Crippen LogP contribution < -0.4 is 0 Å². The molecule has 1 aliphatic heterocycles. The van der Waals surface area contributed by atoms with Gasteiger partial charge in [0.25, 0.3) is 5.91 Å². The van der Waals surface area contributed by atoms with E-state index in [4.69, 9.17) is 16.3 Å². The molecule has 3 heterocycles. The number of aromatic nitrogens is 2. The van der Waals surface area contributed by atoms with Gasteiger partial charge < -0.3 is 19.6 Å². The van der Waals surface area contributed by atoms with Crippen LogP contribution in [0.4, 0.5) is 4.79 Å². The van der Waals surface area contributed by atoms with E-state index < -0.39 is 19.3 Å². The summed E-state index contributed by atoms with van der Waals surface area (Å²) < 4.78 is 6.13. The van der Waals surface area contributed by atoms with Crippen LogP contribution in [0.2, 0.25) is 28.8 Å². The highest BCUT2D eigenvalue weighted by atomic mass is 35.5. The lowest BCUT2D eigenvalue weighted by atomic mass is 9.87. The summed E-state index contributed by atoms with van der Waals surface area (Å²) in [5, 5.41) is 11.0. The fraction of sp³-hybridized carbons (Fsp3) is 0.561. The first kappa shape index (κ1) is 38.9. The molecule has 0 radical (unpaired) electrons. The second-order valence-electron chi connectivity index (χ2n) is 18.0. The highest BCUT2D eigenvalue weighted by molar-refractivity contribution is 6.82. The molecular weight excluding hydrogens is 676 g/mol. The van der Waals surface area contributed by atoms with Crippen LogP contribution in [0.25, 0.3) is 0 Å². The Kier molecular flexibility index (Phi) is 10.6. The SMILES string of the molecule is CN(Cc1cncc(C(C)(C)O)c1)C(=O)c1ccc(C[C@@H]2CC[C@H](C3(c4ccc(Cl)nc4)CC3[Si](C)(C)C(C)(C)C)N2C(=O)OC(C)(C)C)cc1. The van der Waals surface area contributed by atoms with Gasteiger partial charge in [-0.25, -0.2) is 9.78 Å². The Bertz CT molecular complexity index is 1730. The van der Waals surface area contributed by atoms with E-state index in [0.717, 1.165) is 36.0 Å². The molecule has 10 heteroatoms. The van der Waals surface area contributed by atoms with Crippen LogP contribution in [0, 0.1) is 0 Å². The van der Waals surface area contributed by atoms with Crippen LogP contribution in [0.5, 0.6) is 0 Å². The van der Waals surface area contributed by atoms with E-state index in [2.05, 4.69) is 54.8 Å². The molecule has 5 rings (SSSR count). The second kappa shape index (κ2) is 13.9. The second-order valence-corrected chi connectivity index (χ2v) is 24.0. The Balaban J connectivity index is 1.40. The van der Waals surface area contributed by atoms with Gasteiger partial charge in [0.2, 0.25) is 0 Å². The van der Waals surface area contributed by atoms with Gasteiger partial charge in [-0.15, -0.1) is 0 Å². The minimum atomic E-state index is -1.83. The summed E-state index contributed by atoms with van der Waals surface area (Å²) in [7, 11) is -0.0615. The first-order valence-corrected chi connectivity index (χ1v) is 21.6. The molecule has 2 aliphatic rings. The maximum Gasteiger partial charge on any atom is 0.410 e. The molecule has 2 aromatic heterocycles. The quantitative estimate of drug-likeness (QED) is 0.174. The Morgan fingerprint density at radius 1 is 0.980 bits per heavy atom. The molecule has 51 heavy (non-hydrogen) atoms. The summed E-state index contributed by atoms with van der Waals surface area (Å²) in [5.74, 6) is -0.101. The van der Waals surface area contributed by atoms with Crippen LogP contribution in [0.3, 0.4) is 0 Å².